The number of carbonyl (C=O) groups excluding carboxylic acids is 1. The van der Waals surface area contributed by atoms with Crippen LogP contribution in [0.4, 0.5) is 0 Å². The number of hydrogen-bond donors (Lipinski definition) is 0. The number of hydrogen-bond acceptors (Lipinski definition) is 3. The average molecular weight is 283 g/mol. The molecule has 2 fully saturated rings. The second kappa shape index (κ2) is 5.17. The Bertz CT molecular complexity index is 474. The molecule has 2 atom stereocenters. The van der Waals surface area contributed by atoms with Gasteiger partial charge in [0.25, 0.3) is 5.91 Å². The van der Waals surface area contributed by atoms with Crippen LogP contribution in [-0.4, -0.2) is 48.4 Å². The molecule has 4 nitrogen and oxygen atoms in total. The molecular formula is C14H19ClN2O2. The third-order valence-corrected chi connectivity index (χ3v) is 4.62. The molecule has 2 saturated heterocycles. The van der Waals surface area contributed by atoms with E-state index >= 15 is 0 Å². The van der Waals surface area contributed by atoms with Crippen LogP contribution in [0.3, 0.4) is 0 Å². The van der Waals surface area contributed by atoms with Crippen LogP contribution >= 0.6 is 11.6 Å². The summed E-state index contributed by atoms with van der Waals surface area (Å²) in [6.07, 6.45) is 3.51. The van der Waals surface area contributed by atoms with Gasteiger partial charge in [0.05, 0.1) is 0 Å². The van der Waals surface area contributed by atoms with Crippen LogP contribution in [0.15, 0.2) is 16.5 Å². The van der Waals surface area contributed by atoms with E-state index in [1.807, 2.05) is 4.90 Å². The first-order valence-electron chi connectivity index (χ1n) is 6.90. The van der Waals surface area contributed by atoms with Gasteiger partial charge in [-0.1, -0.05) is 0 Å². The normalized spacial score (nSPS) is 28.2. The van der Waals surface area contributed by atoms with Gasteiger partial charge in [-0.25, -0.2) is 0 Å². The van der Waals surface area contributed by atoms with Crippen molar-refractivity contribution in [2.45, 2.75) is 25.3 Å². The van der Waals surface area contributed by atoms with Crippen LogP contribution in [0.5, 0.6) is 0 Å². The van der Waals surface area contributed by atoms with Crippen LogP contribution in [0.2, 0.25) is 5.22 Å². The van der Waals surface area contributed by atoms with E-state index in [-0.39, 0.29) is 11.1 Å². The largest absolute Gasteiger partial charge is 0.440 e. The van der Waals surface area contributed by atoms with Crippen molar-refractivity contribution in [3.8, 4) is 0 Å². The fourth-order valence-corrected chi connectivity index (χ4v) is 3.57. The maximum absolute atomic E-state index is 12.3. The highest BCUT2D eigenvalue weighted by Gasteiger charge is 2.36. The van der Waals surface area contributed by atoms with Gasteiger partial charge in [0.15, 0.2) is 11.0 Å². The van der Waals surface area contributed by atoms with Gasteiger partial charge in [-0.2, -0.15) is 0 Å². The number of piperidine rings is 2. The lowest BCUT2D eigenvalue weighted by Gasteiger charge is -2.45. The summed E-state index contributed by atoms with van der Waals surface area (Å²) in [6, 6.07) is 3.91. The van der Waals surface area contributed by atoms with E-state index in [9.17, 15) is 4.79 Å². The molecule has 3 heterocycles. The van der Waals surface area contributed by atoms with Crippen LogP contribution in [0.1, 0.15) is 29.8 Å². The summed E-state index contributed by atoms with van der Waals surface area (Å²) in [4.78, 5) is 16.7. The zero-order valence-corrected chi connectivity index (χ0v) is 11.9. The maximum atomic E-state index is 12.3. The van der Waals surface area contributed by atoms with Crippen molar-refractivity contribution in [2.24, 2.45) is 5.92 Å². The highest BCUT2D eigenvalue weighted by Crippen LogP contribution is 2.30. The average Bonchev–Trinajstić information content (AvgIpc) is 2.84. The fraction of sp³-hybridized carbons (Fsp3) is 0.643. The molecule has 0 spiro atoms. The highest BCUT2D eigenvalue weighted by molar-refractivity contribution is 6.29. The third kappa shape index (κ3) is 2.51. The second-order valence-corrected chi connectivity index (χ2v) is 5.97. The van der Waals surface area contributed by atoms with Gasteiger partial charge in [0, 0.05) is 19.1 Å². The Morgan fingerprint density at radius 2 is 2.21 bits per heavy atom. The molecule has 0 aliphatic carbocycles. The molecule has 104 valence electrons. The molecule has 3 rings (SSSR count). The Balaban J connectivity index is 1.69. The summed E-state index contributed by atoms with van der Waals surface area (Å²) < 4.78 is 5.22. The standard InChI is InChI=1S/C14H19ClN2O2/c1-16-7-2-3-10-9-17(8-6-11(10)16)14(18)12-4-5-13(15)19-12/h4-5,10-11H,2-3,6-9H2,1H3. The number of amides is 1. The predicted molar refractivity (Wildman–Crippen MR) is 73.4 cm³/mol. The Morgan fingerprint density at radius 3 is 2.95 bits per heavy atom. The van der Waals surface area contributed by atoms with Crippen molar-refractivity contribution in [1.29, 1.82) is 0 Å². The van der Waals surface area contributed by atoms with Crippen molar-refractivity contribution in [1.82, 2.24) is 9.80 Å². The number of carbonyl (C=O) groups is 1. The molecule has 2 aliphatic rings. The van der Waals surface area contributed by atoms with E-state index in [0.717, 1.165) is 19.5 Å². The first kappa shape index (κ1) is 13.0. The number of halogens is 1. The molecule has 1 amide bonds. The summed E-state index contributed by atoms with van der Waals surface area (Å²) in [5.74, 6) is 0.924. The SMILES string of the molecule is CN1CCCC2CN(C(=O)c3ccc(Cl)o3)CCC21. The minimum Gasteiger partial charge on any atom is -0.440 e. The molecule has 0 bridgehead atoms. The van der Waals surface area contributed by atoms with Crippen LogP contribution in [0, 0.1) is 5.92 Å². The molecule has 0 aromatic carbocycles. The Morgan fingerprint density at radius 1 is 1.37 bits per heavy atom. The van der Waals surface area contributed by atoms with E-state index in [1.165, 1.54) is 19.4 Å². The minimum absolute atomic E-state index is 0.0291. The van der Waals surface area contributed by atoms with Crippen molar-refractivity contribution in [2.75, 3.05) is 26.7 Å². The molecule has 2 unspecified atom stereocenters. The summed E-state index contributed by atoms with van der Waals surface area (Å²) in [5.41, 5.74) is 0. The molecule has 0 saturated carbocycles. The number of fused-ring (bicyclic) bond motifs is 1. The number of nitrogens with zero attached hydrogens (tertiary/aromatic N) is 2. The zero-order valence-electron chi connectivity index (χ0n) is 11.1. The van der Waals surface area contributed by atoms with Crippen LogP contribution in [-0.2, 0) is 0 Å². The van der Waals surface area contributed by atoms with E-state index in [4.69, 9.17) is 16.0 Å². The summed E-state index contributed by atoms with van der Waals surface area (Å²) in [7, 11) is 2.20. The van der Waals surface area contributed by atoms with Gasteiger partial charge in [-0.05, 0) is 62.5 Å². The highest BCUT2D eigenvalue weighted by atomic mass is 35.5. The molecule has 1 aromatic rings. The Labute approximate surface area is 118 Å². The van der Waals surface area contributed by atoms with E-state index in [2.05, 4.69) is 11.9 Å². The second-order valence-electron chi connectivity index (χ2n) is 5.59. The van der Waals surface area contributed by atoms with Crippen molar-refractivity contribution < 1.29 is 9.21 Å². The Kier molecular flexibility index (Phi) is 3.54. The van der Waals surface area contributed by atoms with Gasteiger partial charge in [-0.3, -0.25) is 4.79 Å². The van der Waals surface area contributed by atoms with Crippen LogP contribution in [0.25, 0.3) is 0 Å². The third-order valence-electron chi connectivity index (χ3n) is 4.42. The molecule has 19 heavy (non-hydrogen) atoms. The number of rotatable bonds is 1. The monoisotopic (exact) mass is 282 g/mol. The van der Waals surface area contributed by atoms with Crippen molar-refractivity contribution >= 4 is 17.5 Å². The van der Waals surface area contributed by atoms with E-state index in [1.54, 1.807) is 12.1 Å². The van der Waals surface area contributed by atoms with Crippen LogP contribution < -0.4 is 0 Å². The first-order valence-corrected chi connectivity index (χ1v) is 7.28. The van der Waals surface area contributed by atoms with Gasteiger partial charge in [0.1, 0.15) is 0 Å². The van der Waals surface area contributed by atoms with Gasteiger partial charge in [0.2, 0.25) is 0 Å². The molecule has 0 N–H and O–H groups in total. The summed E-state index contributed by atoms with van der Waals surface area (Å²) in [6.45, 7) is 2.83. The fourth-order valence-electron chi connectivity index (χ4n) is 3.42. The lowest BCUT2D eigenvalue weighted by Crippen LogP contribution is -2.53. The predicted octanol–water partition coefficient (Wildman–Crippen LogP) is 2.49. The van der Waals surface area contributed by atoms with E-state index in [0.29, 0.717) is 17.7 Å². The smallest absolute Gasteiger partial charge is 0.289 e. The molecule has 1 aromatic heterocycles. The van der Waals surface area contributed by atoms with E-state index < -0.39 is 0 Å². The lowest BCUT2D eigenvalue weighted by molar-refractivity contribution is 0.0298. The molecule has 5 heteroatoms. The summed E-state index contributed by atoms with van der Waals surface area (Å²) >= 11 is 5.73. The van der Waals surface area contributed by atoms with Gasteiger partial charge >= 0.3 is 0 Å². The van der Waals surface area contributed by atoms with Crippen molar-refractivity contribution in [3.05, 3.63) is 23.1 Å². The molecule has 0 radical (unpaired) electrons. The quantitative estimate of drug-likeness (QED) is 0.794. The maximum Gasteiger partial charge on any atom is 0.289 e. The van der Waals surface area contributed by atoms with Crippen molar-refractivity contribution in [3.63, 3.8) is 0 Å². The number of furan rings is 1. The topological polar surface area (TPSA) is 36.7 Å². The minimum atomic E-state index is -0.0291. The molecular weight excluding hydrogens is 264 g/mol. The zero-order chi connectivity index (χ0) is 13.4. The Hall–Kier alpha value is -1.00. The summed E-state index contributed by atoms with van der Waals surface area (Å²) in [5, 5.41) is 0.274. The lowest BCUT2D eigenvalue weighted by atomic mass is 9.84. The van der Waals surface area contributed by atoms with Gasteiger partial charge < -0.3 is 14.2 Å². The van der Waals surface area contributed by atoms with Gasteiger partial charge in [-0.15, -0.1) is 0 Å². The molecule has 2 aliphatic heterocycles. The first-order chi connectivity index (χ1) is 9.15. The number of likely N-dealkylation sites (tertiary alicyclic amines) is 2.